The molecular weight excluding hydrogens is 186 g/mol. The average Bonchev–Trinajstić information content (AvgIpc) is 2.76. The van der Waals surface area contributed by atoms with Crippen molar-refractivity contribution in [3.05, 3.63) is 48.2 Å². The zero-order valence-corrected chi connectivity index (χ0v) is 8.65. The zero-order valence-electron chi connectivity index (χ0n) is 8.65. The molecule has 0 amide bonds. The Hall–Kier alpha value is -1.54. The molecule has 1 heterocycles. The van der Waals surface area contributed by atoms with Crippen LogP contribution in [0.4, 0.5) is 0 Å². The summed E-state index contributed by atoms with van der Waals surface area (Å²) in [5.74, 6) is 1.95. The first-order valence-electron chi connectivity index (χ1n) is 5.24. The van der Waals surface area contributed by atoms with Crippen molar-refractivity contribution in [2.24, 2.45) is 5.73 Å². The molecule has 2 rings (SSSR count). The van der Waals surface area contributed by atoms with Crippen molar-refractivity contribution < 1.29 is 4.42 Å². The van der Waals surface area contributed by atoms with Crippen LogP contribution in [0.15, 0.2) is 46.9 Å². The highest BCUT2D eigenvalue weighted by molar-refractivity contribution is 5.57. The summed E-state index contributed by atoms with van der Waals surface area (Å²) in [6.45, 7) is 0.710. The highest BCUT2D eigenvalue weighted by Gasteiger charge is 2.03. The van der Waals surface area contributed by atoms with Gasteiger partial charge in [0.1, 0.15) is 11.5 Å². The second kappa shape index (κ2) is 4.80. The molecule has 0 aliphatic carbocycles. The number of hydrogen-bond acceptors (Lipinski definition) is 2. The van der Waals surface area contributed by atoms with Gasteiger partial charge < -0.3 is 10.2 Å². The zero-order chi connectivity index (χ0) is 10.5. The maximum absolute atomic E-state index is 5.72. The fourth-order valence-electron chi connectivity index (χ4n) is 1.55. The molecule has 2 aromatic rings. The van der Waals surface area contributed by atoms with Crippen LogP contribution in [0.3, 0.4) is 0 Å². The first-order chi connectivity index (χ1) is 7.40. The molecule has 1 aromatic heterocycles. The third-order valence-electron chi connectivity index (χ3n) is 2.35. The van der Waals surface area contributed by atoms with Gasteiger partial charge in [-0.05, 0) is 25.1 Å². The van der Waals surface area contributed by atoms with Crippen molar-refractivity contribution in [2.75, 3.05) is 6.54 Å². The maximum atomic E-state index is 5.72. The van der Waals surface area contributed by atoms with Gasteiger partial charge in [-0.2, -0.15) is 0 Å². The van der Waals surface area contributed by atoms with E-state index in [0.29, 0.717) is 6.54 Å². The van der Waals surface area contributed by atoms with Gasteiger partial charge >= 0.3 is 0 Å². The van der Waals surface area contributed by atoms with E-state index in [0.717, 1.165) is 29.9 Å². The van der Waals surface area contributed by atoms with Crippen LogP contribution in [0, 0.1) is 0 Å². The van der Waals surface area contributed by atoms with Crippen molar-refractivity contribution in [1.82, 2.24) is 0 Å². The summed E-state index contributed by atoms with van der Waals surface area (Å²) < 4.78 is 5.72. The molecule has 0 saturated carbocycles. The van der Waals surface area contributed by atoms with Crippen LogP contribution in [0.1, 0.15) is 12.2 Å². The van der Waals surface area contributed by atoms with E-state index in [9.17, 15) is 0 Å². The van der Waals surface area contributed by atoms with E-state index in [1.54, 1.807) is 0 Å². The minimum atomic E-state index is 0.710. The minimum absolute atomic E-state index is 0.710. The Balaban J connectivity index is 2.14. The van der Waals surface area contributed by atoms with Gasteiger partial charge in [0.25, 0.3) is 0 Å². The molecular formula is C13H15NO. The Morgan fingerprint density at radius 1 is 1.00 bits per heavy atom. The van der Waals surface area contributed by atoms with Crippen molar-refractivity contribution in [2.45, 2.75) is 12.8 Å². The molecule has 0 bridgehead atoms. The van der Waals surface area contributed by atoms with Crippen molar-refractivity contribution in [3.8, 4) is 11.3 Å². The molecule has 2 heteroatoms. The molecule has 0 unspecified atom stereocenters. The van der Waals surface area contributed by atoms with Crippen molar-refractivity contribution >= 4 is 0 Å². The Labute approximate surface area is 89.7 Å². The number of furan rings is 1. The number of rotatable bonds is 4. The normalized spacial score (nSPS) is 10.5. The predicted molar refractivity (Wildman–Crippen MR) is 61.5 cm³/mol. The lowest BCUT2D eigenvalue weighted by molar-refractivity contribution is 0.515. The number of nitrogens with two attached hydrogens (primary N) is 1. The van der Waals surface area contributed by atoms with E-state index in [1.807, 2.05) is 42.5 Å². The second-order valence-electron chi connectivity index (χ2n) is 3.52. The van der Waals surface area contributed by atoms with E-state index < -0.39 is 0 Å². The third-order valence-corrected chi connectivity index (χ3v) is 2.35. The van der Waals surface area contributed by atoms with Crippen LogP contribution in [-0.4, -0.2) is 6.54 Å². The summed E-state index contributed by atoms with van der Waals surface area (Å²) in [6.07, 6.45) is 1.89. The van der Waals surface area contributed by atoms with E-state index in [-0.39, 0.29) is 0 Å². The first kappa shape index (κ1) is 9.99. The van der Waals surface area contributed by atoms with Crippen LogP contribution in [0.2, 0.25) is 0 Å². The fourth-order valence-corrected chi connectivity index (χ4v) is 1.55. The number of aryl methyl sites for hydroxylation is 1. The van der Waals surface area contributed by atoms with E-state index in [2.05, 4.69) is 0 Å². The molecule has 15 heavy (non-hydrogen) atoms. The molecule has 0 saturated heterocycles. The Bertz CT molecular complexity index is 405. The molecule has 0 atom stereocenters. The van der Waals surface area contributed by atoms with Gasteiger partial charge in [-0.15, -0.1) is 0 Å². The van der Waals surface area contributed by atoms with E-state index in [1.165, 1.54) is 0 Å². The number of hydrogen-bond donors (Lipinski definition) is 1. The van der Waals surface area contributed by atoms with Crippen LogP contribution in [-0.2, 0) is 6.42 Å². The topological polar surface area (TPSA) is 39.2 Å². The minimum Gasteiger partial charge on any atom is -0.461 e. The first-order valence-corrected chi connectivity index (χ1v) is 5.24. The van der Waals surface area contributed by atoms with Gasteiger partial charge in [-0.25, -0.2) is 0 Å². The maximum Gasteiger partial charge on any atom is 0.134 e. The van der Waals surface area contributed by atoms with Gasteiger partial charge in [0.05, 0.1) is 0 Å². The average molecular weight is 201 g/mol. The fraction of sp³-hybridized carbons (Fsp3) is 0.231. The lowest BCUT2D eigenvalue weighted by Crippen LogP contribution is -1.99. The largest absolute Gasteiger partial charge is 0.461 e. The smallest absolute Gasteiger partial charge is 0.134 e. The van der Waals surface area contributed by atoms with Crippen LogP contribution < -0.4 is 5.73 Å². The summed E-state index contributed by atoms with van der Waals surface area (Å²) in [5.41, 5.74) is 6.57. The Morgan fingerprint density at radius 3 is 2.53 bits per heavy atom. The molecule has 0 spiro atoms. The van der Waals surface area contributed by atoms with Gasteiger partial charge in [0.15, 0.2) is 0 Å². The third kappa shape index (κ3) is 2.48. The Morgan fingerprint density at radius 2 is 1.80 bits per heavy atom. The summed E-state index contributed by atoms with van der Waals surface area (Å²) in [7, 11) is 0. The van der Waals surface area contributed by atoms with Crippen molar-refractivity contribution in [1.29, 1.82) is 0 Å². The van der Waals surface area contributed by atoms with Gasteiger partial charge in [0, 0.05) is 12.0 Å². The molecule has 1 aromatic carbocycles. The molecule has 78 valence electrons. The van der Waals surface area contributed by atoms with Crippen molar-refractivity contribution in [3.63, 3.8) is 0 Å². The number of benzene rings is 1. The van der Waals surface area contributed by atoms with Gasteiger partial charge in [-0.1, -0.05) is 30.3 Å². The quantitative estimate of drug-likeness (QED) is 0.826. The van der Waals surface area contributed by atoms with E-state index in [4.69, 9.17) is 10.2 Å². The second-order valence-corrected chi connectivity index (χ2v) is 3.52. The lowest BCUT2D eigenvalue weighted by Gasteiger charge is -1.96. The summed E-state index contributed by atoms with van der Waals surface area (Å²) in [6, 6.07) is 14.2. The van der Waals surface area contributed by atoms with Crippen LogP contribution in [0.5, 0.6) is 0 Å². The molecule has 2 nitrogen and oxygen atoms in total. The predicted octanol–water partition coefficient (Wildman–Crippen LogP) is 2.84. The summed E-state index contributed by atoms with van der Waals surface area (Å²) >= 11 is 0. The highest BCUT2D eigenvalue weighted by atomic mass is 16.3. The Kier molecular flexibility index (Phi) is 3.20. The monoisotopic (exact) mass is 201 g/mol. The molecule has 0 fully saturated rings. The standard InChI is InChI=1S/C13H15NO/c14-10-4-7-12-8-9-13(15-12)11-5-2-1-3-6-11/h1-3,5-6,8-9H,4,7,10,14H2. The summed E-state index contributed by atoms with van der Waals surface area (Å²) in [4.78, 5) is 0. The molecule has 0 radical (unpaired) electrons. The highest BCUT2D eigenvalue weighted by Crippen LogP contribution is 2.22. The van der Waals surface area contributed by atoms with Gasteiger partial charge in [0.2, 0.25) is 0 Å². The van der Waals surface area contributed by atoms with Crippen LogP contribution >= 0.6 is 0 Å². The lowest BCUT2D eigenvalue weighted by atomic mass is 10.2. The molecule has 0 aliphatic heterocycles. The molecule has 0 aliphatic rings. The molecule has 2 N–H and O–H groups in total. The van der Waals surface area contributed by atoms with Crippen LogP contribution in [0.25, 0.3) is 11.3 Å². The van der Waals surface area contributed by atoms with Gasteiger partial charge in [-0.3, -0.25) is 0 Å². The van der Waals surface area contributed by atoms with E-state index >= 15 is 0 Å². The SMILES string of the molecule is NCCCc1ccc(-c2ccccc2)o1. The summed E-state index contributed by atoms with van der Waals surface area (Å²) in [5, 5.41) is 0.